The minimum absolute atomic E-state index is 0.481. The summed E-state index contributed by atoms with van der Waals surface area (Å²) in [6.45, 7) is 2.82. The van der Waals surface area contributed by atoms with Gasteiger partial charge >= 0.3 is 0 Å². The van der Waals surface area contributed by atoms with Gasteiger partial charge in [0.25, 0.3) is 0 Å². The summed E-state index contributed by atoms with van der Waals surface area (Å²) >= 11 is 0. The number of piperazine rings is 1. The van der Waals surface area contributed by atoms with E-state index >= 15 is 0 Å². The molecule has 0 spiro atoms. The molecule has 1 aliphatic rings. The molecule has 1 saturated heterocycles. The molecule has 0 aliphatic carbocycles. The lowest BCUT2D eigenvalue weighted by Gasteiger charge is -2.32. The number of hydrogen-bond donors (Lipinski definition) is 4. The second-order valence-corrected chi connectivity index (χ2v) is 3.45. The van der Waals surface area contributed by atoms with Crippen molar-refractivity contribution < 1.29 is 19.8 Å². The summed E-state index contributed by atoms with van der Waals surface area (Å²) in [5, 5.41) is 23.0. The van der Waals surface area contributed by atoms with E-state index in [1.54, 1.807) is 0 Å². The Bertz CT molecular complexity index is 226. The molecule has 4 atom stereocenters. The van der Waals surface area contributed by atoms with Gasteiger partial charge in [-0.25, -0.2) is 0 Å². The second-order valence-electron chi connectivity index (χ2n) is 3.45. The number of carbonyl (C=O) groups is 2. The fraction of sp³-hybridized carbons (Fsp3) is 0.750. The van der Waals surface area contributed by atoms with Crippen LogP contribution in [0.25, 0.3) is 0 Å². The van der Waals surface area contributed by atoms with Crippen molar-refractivity contribution in [3.63, 3.8) is 0 Å². The first-order valence-corrected chi connectivity index (χ1v) is 4.40. The van der Waals surface area contributed by atoms with Crippen molar-refractivity contribution in [2.45, 2.75) is 38.1 Å². The van der Waals surface area contributed by atoms with Crippen LogP contribution in [0.3, 0.4) is 0 Å². The van der Waals surface area contributed by atoms with Gasteiger partial charge in [0.1, 0.15) is 12.1 Å². The first-order chi connectivity index (χ1) is 6.43. The van der Waals surface area contributed by atoms with Crippen LogP contribution in [0.15, 0.2) is 0 Å². The molecule has 0 aromatic rings. The molecule has 1 heterocycles. The van der Waals surface area contributed by atoms with Crippen LogP contribution < -0.4 is 10.6 Å². The molecule has 0 unspecified atom stereocenters. The fourth-order valence-electron chi connectivity index (χ4n) is 1.30. The van der Waals surface area contributed by atoms with E-state index in [-0.39, 0.29) is 0 Å². The third-order valence-electron chi connectivity index (χ3n) is 2.13. The van der Waals surface area contributed by atoms with Crippen molar-refractivity contribution in [2.75, 3.05) is 0 Å². The molecule has 4 N–H and O–H groups in total. The summed E-state index contributed by atoms with van der Waals surface area (Å²) in [6, 6.07) is -1.87. The summed E-state index contributed by atoms with van der Waals surface area (Å²) in [6.07, 6.45) is -1.90. The van der Waals surface area contributed by atoms with Crippen molar-refractivity contribution in [3.8, 4) is 0 Å². The Morgan fingerprint density at radius 2 is 1.29 bits per heavy atom. The van der Waals surface area contributed by atoms with Crippen molar-refractivity contribution in [3.05, 3.63) is 0 Å². The highest BCUT2D eigenvalue weighted by molar-refractivity contribution is 5.97. The maximum Gasteiger partial charge on any atom is 0.245 e. The Labute approximate surface area is 81.3 Å². The van der Waals surface area contributed by atoms with E-state index in [1.807, 2.05) is 0 Å². The largest absolute Gasteiger partial charge is 0.391 e. The number of aliphatic hydroxyl groups is 2. The molecule has 0 radical (unpaired) electrons. The Morgan fingerprint density at radius 1 is 1.00 bits per heavy atom. The van der Waals surface area contributed by atoms with Gasteiger partial charge in [-0.2, -0.15) is 0 Å². The van der Waals surface area contributed by atoms with Gasteiger partial charge in [0.05, 0.1) is 12.2 Å². The Balaban J connectivity index is 2.72. The number of amides is 2. The SMILES string of the molecule is C[C@@H](O)[C@@H]1NC(=O)[C@H]([C@@H](C)O)NC1=O. The molecule has 0 aromatic carbocycles. The monoisotopic (exact) mass is 202 g/mol. The Hall–Kier alpha value is -1.14. The normalized spacial score (nSPS) is 31.7. The van der Waals surface area contributed by atoms with Crippen LogP contribution in [0.1, 0.15) is 13.8 Å². The quantitative estimate of drug-likeness (QED) is 0.406. The van der Waals surface area contributed by atoms with Crippen LogP contribution in [0.2, 0.25) is 0 Å². The third kappa shape index (κ3) is 2.02. The van der Waals surface area contributed by atoms with Crippen molar-refractivity contribution >= 4 is 11.8 Å². The molecular weight excluding hydrogens is 188 g/mol. The fourth-order valence-corrected chi connectivity index (χ4v) is 1.30. The summed E-state index contributed by atoms with van der Waals surface area (Å²) in [4.78, 5) is 22.6. The summed E-state index contributed by atoms with van der Waals surface area (Å²) < 4.78 is 0. The number of carbonyl (C=O) groups excluding carboxylic acids is 2. The average Bonchev–Trinajstić information content (AvgIpc) is 2.07. The zero-order chi connectivity index (χ0) is 10.9. The highest BCUT2D eigenvalue weighted by Crippen LogP contribution is 2.04. The van der Waals surface area contributed by atoms with E-state index in [1.165, 1.54) is 13.8 Å². The van der Waals surface area contributed by atoms with Gasteiger partial charge in [-0.05, 0) is 13.8 Å². The number of hydrogen-bond acceptors (Lipinski definition) is 4. The molecule has 0 bridgehead atoms. The highest BCUT2D eigenvalue weighted by Gasteiger charge is 2.37. The van der Waals surface area contributed by atoms with E-state index in [2.05, 4.69) is 10.6 Å². The van der Waals surface area contributed by atoms with Crippen LogP contribution in [-0.2, 0) is 9.59 Å². The summed E-state index contributed by atoms with van der Waals surface area (Å²) in [7, 11) is 0. The minimum Gasteiger partial charge on any atom is -0.391 e. The van der Waals surface area contributed by atoms with Crippen molar-refractivity contribution in [1.29, 1.82) is 0 Å². The standard InChI is InChI=1S/C8H14N2O4/c1-3(11)5-7(13)10-6(4(2)12)8(14)9-5/h3-6,11-12H,1-2H3,(H,9,14)(H,10,13)/t3-,4-,5+,6+/m1/s1. The van der Waals surface area contributed by atoms with E-state index < -0.39 is 36.1 Å². The molecule has 0 saturated carbocycles. The van der Waals surface area contributed by atoms with Crippen LogP contribution in [0, 0.1) is 0 Å². The highest BCUT2D eigenvalue weighted by atomic mass is 16.3. The number of nitrogens with one attached hydrogen (secondary N) is 2. The van der Waals surface area contributed by atoms with Gasteiger partial charge in [-0.15, -0.1) is 0 Å². The smallest absolute Gasteiger partial charge is 0.245 e. The molecule has 80 valence electrons. The third-order valence-corrected chi connectivity index (χ3v) is 2.13. The maximum atomic E-state index is 11.3. The Kier molecular flexibility index (Phi) is 3.07. The van der Waals surface area contributed by atoms with Gasteiger partial charge in [0.15, 0.2) is 0 Å². The predicted octanol–water partition coefficient (Wildman–Crippen LogP) is -2.27. The van der Waals surface area contributed by atoms with Crippen molar-refractivity contribution in [1.82, 2.24) is 10.6 Å². The van der Waals surface area contributed by atoms with Crippen molar-refractivity contribution in [2.24, 2.45) is 0 Å². The molecule has 0 aromatic heterocycles. The zero-order valence-corrected chi connectivity index (χ0v) is 8.02. The van der Waals surface area contributed by atoms with E-state index in [0.717, 1.165) is 0 Å². The van der Waals surface area contributed by atoms with Crippen LogP contribution in [0.4, 0.5) is 0 Å². The topological polar surface area (TPSA) is 98.7 Å². The first-order valence-electron chi connectivity index (χ1n) is 4.40. The molecule has 14 heavy (non-hydrogen) atoms. The van der Waals surface area contributed by atoms with Gasteiger partial charge < -0.3 is 20.8 Å². The van der Waals surface area contributed by atoms with Gasteiger partial charge in [-0.1, -0.05) is 0 Å². The predicted molar refractivity (Wildman–Crippen MR) is 47.2 cm³/mol. The van der Waals surface area contributed by atoms with E-state index in [9.17, 15) is 9.59 Å². The van der Waals surface area contributed by atoms with Crippen LogP contribution in [-0.4, -0.2) is 46.3 Å². The molecule has 6 nitrogen and oxygen atoms in total. The summed E-state index contributed by atoms with van der Waals surface area (Å²) in [5.41, 5.74) is 0. The van der Waals surface area contributed by atoms with Gasteiger partial charge in [0, 0.05) is 0 Å². The minimum atomic E-state index is -0.950. The second kappa shape index (κ2) is 3.93. The van der Waals surface area contributed by atoms with Crippen LogP contribution in [0.5, 0.6) is 0 Å². The van der Waals surface area contributed by atoms with Crippen LogP contribution >= 0.6 is 0 Å². The lowest BCUT2D eigenvalue weighted by atomic mass is 10.0. The molecule has 1 aliphatic heterocycles. The lowest BCUT2D eigenvalue weighted by molar-refractivity contribution is -0.141. The zero-order valence-electron chi connectivity index (χ0n) is 8.02. The Morgan fingerprint density at radius 3 is 1.50 bits per heavy atom. The van der Waals surface area contributed by atoms with E-state index in [0.29, 0.717) is 0 Å². The van der Waals surface area contributed by atoms with E-state index in [4.69, 9.17) is 10.2 Å². The maximum absolute atomic E-state index is 11.3. The number of rotatable bonds is 2. The molecule has 2 amide bonds. The number of aliphatic hydroxyl groups excluding tert-OH is 2. The lowest BCUT2D eigenvalue weighted by Crippen LogP contribution is -2.67. The average molecular weight is 202 g/mol. The molecule has 1 rings (SSSR count). The first kappa shape index (κ1) is 10.9. The molecule has 6 heteroatoms. The summed E-state index contributed by atoms with van der Waals surface area (Å²) in [5.74, 6) is -0.962. The van der Waals surface area contributed by atoms with Gasteiger partial charge in [0.2, 0.25) is 11.8 Å². The molecule has 1 fully saturated rings. The molecular formula is C8H14N2O4. The van der Waals surface area contributed by atoms with Gasteiger partial charge in [-0.3, -0.25) is 9.59 Å².